The molecule has 0 aromatic heterocycles. The van der Waals surface area contributed by atoms with E-state index in [1.807, 2.05) is 13.8 Å². The smallest absolute Gasteiger partial charge is 0.0797 e. The van der Waals surface area contributed by atoms with Gasteiger partial charge in [0.05, 0.1) is 11.2 Å². The third-order valence-corrected chi connectivity index (χ3v) is 7.14. The Morgan fingerprint density at radius 2 is 1.82 bits per heavy atom. The molecule has 0 amide bonds. The van der Waals surface area contributed by atoms with Crippen molar-refractivity contribution in [1.29, 1.82) is 0 Å². The van der Waals surface area contributed by atoms with E-state index < -0.39 is 11.2 Å². The molecule has 22 heavy (non-hydrogen) atoms. The fraction of sp³-hybridized carbons (Fsp3) is 0.900. The zero-order valence-corrected chi connectivity index (χ0v) is 15.3. The lowest BCUT2D eigenvalue weighted by molar-refractivity contribution is -0.171. The first-order valence-electron chi connectivity index (χ1n) is 9.03. The first-order valence-corrected chi connectivity index (χ1v) is 9.03. The third kappa shape index (κ3) is 3.14. The van der Waals surface area contributed by atoms with Gasteiger partial charge in [0.1, 0.15) is 0 Å². The minimum atomic E-state index is -0.830. The molecule has 0 radical (unpaired) electrons. The Morgan fingerprint density at radius 3 is 2.41 bits per heavy atom. The quantitative estimate of drug-likeness (QED) is 0.739. The van der Waals surface area contributed by atoms with Crippen molar-refractivity contribution in [3.8, 4) is 0 Å². The Kier molecular flexibility index (Phi) is 4.61. The highest BCUT2D eigenvalue weighted by Crippen LogP contribution is 2.63. The summed E-state index contributed by atoms with van der Waals surface area (Å²) in [5.41, 5.74) is -0.900. The Bertz CT molecular complexity index is 421. The number of hydrogen-bond donors (Lipinski definition) is 2. The fourth-order valence-electron chi connectivity index (χ4n) is 5.80. The molecule has 0 unspecified atom stereocenters. The van der Waals surface area contributed by atoms with Crippen LogP contribution in [0.3, 0.4) is 0 Å². The summed E-state index contributed by atoms with van der Waals surface area (Å²) in [6, 6.07) is 0. The molecule has 5 atom stereocenters. The Labute approximate surface area is 137 Å². The lowest BCUT2D eigenvalue weighted by Crippen LogP contribution is -2.57. The molecule has 2 heteroatoms. The van der Waals surface area contributed by atoms with Crippen LogP contribution in [0, 0.1) is 22.7 Å². The molecule has 2 nitrogen and oxygen atoms in total. The molecule has 0 heterocycles. The lowest BCUT2D eigenvalue weighted by Gasteiger charge is -2.61. The van der Waals surface area contributed by atoms with E-state index in [4.69, 9.17) is 0 Å². The van der Waals surface area contributed by atoms with Crippen LogP contribution in [-0.2, 0) is 0 Å². The summed E-state index contributed by atoms with van der Waals surface area (Å²) in [6.45, 7) is 14.8. The molecule has 0 aromatic carbocycles. The molecule has 0 saturated heterocycles. The van der Waals surface area contributed by atoms with E-state index in [1.54, 1.807) is 6.08 Å². The van der Waals surface area contributed by atoms with Crippen LogP contribution in [0.15, 0.2) is 12.7 Å². The molecule has 2 saturated carbocycles. The van der Waals surface area contributed by atoms with Crippen LogP contribution >= 0.6 is 0 Å². The lowest BCUT2D eigenvalue weighted by atomic mass is 9.45. The van der Waals surface area contributed by atoms with Crippen LogP contribution in [0.5, 0.6) is 0 Å². The molecule has 0 bridgehead atoms. The van der Waals surface area contributed by atoms with Gasteiger partial charge in [0.2, 0.25) is 0 Å². The largest absolute Gasteiger partial charge is 0.390 e. The van der Waals surface area contributed by atoms with E-state index >= 15 is 0 Å². The second-order valence-electron chi connectivity index (χ2n) is 9.45. The molecule has 0 aliphatic heterocycles. The number of hydrogen-bond acceptors (Lipinski definition) is 2. The molecule has 2 N–H and O–H groups in total. The summed E-state index contributed by atoms with van der Waals surface area (Å²) >= 11 is 0. The minimum Gasteiger partial charge on any atom is -0.390 e. The topological polar surface area (TPSA) is 40.5 Å². The van der Waals surface area contributed by atoms with Gasteiger partial charge >= 0.3 is 0 Å². The normalized spacial score (nSPS) is 44.0. The maximum atomic E-state index is 11.1. The van der Waals surface area contributed by atoms with E-state index in [2.05, 4.69) is 27.4 Å². The zero-order chi connectivity index (χ0) is 16.8. The van der Waals surface area contributed by atoms with Crippen molar-refractivity contribution < 1.29 is 10.2 Å². The molecule has 0 aromatic rings. The molecule has 2 rings (SSSR count). The standard InChI is InChI=1S/C20H36O2/c1-7-18(4,21)13-9-16-19(5)12-8-11-17(2,3)15(19)10-14-20(16,6)22/h7,15-16,21-22H,1,8-14H2,2-6H3/t15-,16-,18+,19-,20-/m0/s1. The minimum absolute atomic E-state index is 0.181. The average molecular weight is 309 g/mol. The van der Waals surface area contributed by atoms with Gasteiger partial charge in [-0.3, -0.25) is 0 Å². The van der Waals surface area contributed by atoms with Crippen LogP contribution in [0.25, 0.3) is 0 Å². The third-order valence-electron chi connectivity index (χ3n) is 7.14. The van der Waals surface area contributed by atoms with Crippen LogP contribution in [-0.4, -0.2) is 21.4 Å². The van der Waals surface area contributed by atoms with Gasteiger partial charge in [0.25, 0.3) is 0 Å². The highest BCUT2D eigenvalue weighted by molar-refractivity contribution is 5.08. The Morgan fingerprint density at radius 1 is 1.18 bits per heavy atom. The summed E-state index contributed by atoms with van der Waals surface area (Å²) in [7, 11) is 0. The maximum absolute atomic E-state index is 11.1. The average Bonchev–Trinajstić information content (AvgIpc) is 2.35. The molecule has 128 valence electrons. The summed E-state index contributed by atoms with van der Waals surface area (Å²) in [6.07, 6.45) is 8.96. The second-order valence-corrected chi connectivity index (χ2v) is 9.45. The molecule has 2 fully saturated rings. The van der Waals surface area contributed by atoms with Crippen LogP contribution in [0.4, 0.5) is 0 Å². The van der Waals surface area contributed by atoms with Crippen molar-refractivity contribution in [1.82, 2.24) is 0 Å². The van der Waals surface area contributed by atoms with Crippen molar-refractivity contribution in [2.24, 2.45) is 22.7 Å². The summed E-state index contributed by atoms with van der Waals surface area (Å²) in [5, 5.41) is 21.4. The van der Waals surface area contributed by atoms with Gasteiger partial charge in [-0.1, -0.05) is 33.3 Å². The Hall–Kier alpha value is -0.340. The molecule has 0 spiro atoms. The van der Waals surface area contributed by atoms with Crippen molar-refractivity contribution in [2.75, 3.05) is 0 Å². The van der Waals surface area contributed by atoms with Gasteiger partial charge in [-0.15, -0.1) is 6.58 Å². The van der Waals surface area contributed by atoms with Gasteiger partial charge in [-0.05, 0) is 75.0 Å². The van der Waals surface area contributed by atoms with E-state index in [1.165, 1.54) is 19.3 Å². The predicted molar refractivity (Wildman–Crippen MR) is 92.6 cm³/mol. The molecule has 2 aliphatic rings. The van der Waals surface area contributed by atoms with Crippen molar-refractivity contribution in [3.63, 3.8) is 0 Å². The Balaban J connectivity index is 2.28. The van der Waals surface area contributed by atoms with E-state index in [-0.39, 0.29) is 11.3 Å². The fourth-order valence-corrected chi connectivity index (χ4v) is 5.80. The van der Waals surface area contributed by atoms with Crippen LogP contribution < -0.4 is 0 Å². The van der Waals surface area contributed by atoms with Gasteiger partial charge in [-0.2, -0.15) is 0 Å². The van der Waals surface area contributed by atoms with E-state index in [9.17, 15) is 10.2 Å². The van der Waals surface area contributed by atoms with Gasteiger partial charge in [0.15, 0.2) is 0 Å². The molecular formula is C20H36O2. The summed E-state index contributed by atoms with van der Waals surface area (Å²) < 4.78 is 0. The maximum Gasteiger partial charge on any atom is 0.0797 e. The van der Waals surface area contributed by atoms with Gasteiger partial charge < -0.3 is 10.2 Å². The number of fused-ring (bicyclic) bond motifs is 1. The monoisotopic (exact) mass is 308 g/mol. The van der Waals surface area contributed by atoms with Crippen LogP contribution in [0.2, 0.25) is 0 Å². The van der Waals surface area contributed by atoms with E-state index in [0.717, 1.165) is 19.3 Å². The summed E-state index contributed by atoms with van der Waals surface area (Å²) in [5.74, 6) is 0.928. The SMILES string of the molecule is C=C[C@@](C)(O)CC[C@H]1[C@@]2(C)CCCC(C)(C)[C@@H]2CC[C@]1(C)O. The number of aliphatic hydroxyl groups is 2. The second kappa shape index (κ2) is 5.63. The van der Waals surface area contributed by atoms with Gasteiger partial charge in [-0.25, -0.2) is 0 Å². The number of rotatable bonds is 4. The van der Waals surface area contributed by atoms with Crippen LogP contribution in [0.1, 0.15) is 79.6 Å². The van der Waals surface area contributed by atoms with Crippen molar-refractivity contribution >= 4 is 0 Å². The zero-order valence-electron chi connectivity index (χ0n) is 15.3. The van der Waals surface area contributed by atoms with Gasteiger partial charge in [0, 0.05) is 0 Å². The predicted octanol–water partition coefficient (Wildman–Crippen LogP) is 4.70. The molecular weight excluding hydrogens is 272 g/mol. The van der Waals surface area contributed by atoms with Crippen molar-refractivity contribution in [3.05, 3.63) is 12.7 Å². The summed E-state index contributed by atoms with van der Waals surface area (Å²) in [4.78, 5) is 0. The van der Waals surface area contributed by atoms with E-state index in [0.29, 0.717) is 17.8 Å². The highest BCUT2D eigenvalue weighted by Gasteiger charge is 2.57. The highest BCUT2D eigenvalue weighted by atomic mass is 16.3. The first kappa shape index (κ1) is 18.0. The van der Waals surface area contributed by atoms with Crippen molar-refractivity contribution in [2.45, 2.75) is 90.8 Å². The molecule has 2 aliphatic carbocycles. The first-order chi connectivity index (χ1) is 9.95.